The lowest BCUT2D eigenvalue weighted by Gasteiger charge is -2.46. The van der Waals surface area contributed by atoms with E-state index in [9.17, 15) is 26.0 Å². The standard InChI is InChI=1S/C21H18F5NO4S/c1-30-27-14-8-9-20(32(28,29)15-4-2-12(3-5-15)21(24,25)26)13(10-14)11-31-19-17(23)7-6-16(22)18(19)20/h2-7,10,13,27H,8-9,11H2,1H3. The van der Waals surface area contributed by atoms with E-state index in [0.717, 1.165) is 24.3 Å². The molecule has 0 aromatic heterocycles. The van der Waals surface area contributed by atoms with Gasteiger partial charge in [0.25, 0.3) is 0 Å². The summed E-state index contributed by atoms with van der Waals surface area (Å²) in [4.78, 5) is 4.45. The molecule has 172 valence electrons. The molecule has 0 spiro atoms. The Kier molecular flexibility index (Phi) is 5.44. The third-order valence-electron chi connectivity index (χ3n) is 5.86. The highest BCUT2D eigenvalue weighted by atomic mass is 32.2. The molecule has 32 heavy (non-hydrogen) atoms. The summed E-state index contributed by atoms with van der Waals surface area (Å²) in [7, 11) is -3.14. The molecule has 0 radical (unpaired) electrons. The zero-order valence-corrected chi connectivity index (χ0v) is 17.5. The number of hydrogen-bond acceptors (Lipinski definition) is 5. The van der Waals surface area contributed by atoms with Crippen LogP contribution in [0.25, 0.3) is 0 Å². The number of hydrogen-bond donors (Lipinski definition) is 1. The molecule has 1 N–H and O–H groups in total. The van der Waals surface area contributed by atoms with Crippen LogP contribution in [0.5, 0.6) is 5.75 Å². The molecule has 2 atom stereocenters. The number of benzene rings is 2. The van der Waals surface area contributed by atoms with Crippen LogP contribution in [0.3, 0.4) is 0 Å². The first-order chi connectivity index (χ1) is 15.0. The minimum atomic E-state index is -4.65. The zero-order chi connectivity index (χ0) is 23.3. The van der Waals surface area contributed by atoms with Gasteiger partial charge in [0.05, 0.1) is 29.7 Å². The van der Waals surface area contributed by atoms with E-state index in [1.165, 1.54) is 13.2 Å². The summed E-state index contributed by atoms with van der Waals surface area (Å²) in [6.07, 6.45) is -3.20. The normalized spacial score (nSPS) is 22.9. The predicted molar refractivity (Wildman–Crippen MR) is 103 cm³/mol. The van der Waals surface area contributed by atoms with E-state index in [1.807, 2.05) is 0 Å². The van der Waals surface area contributed by atoms with Gasteiger partial charge in [-0.2, -0.15) is 13.2 Å². The van der Waals surface area contributed by atoms with E-state index in [2.05, 4.69) is 5.48 Å². The molecule has 2 unspecified atom stereocenters. The molecule has 1 aliphatic heterocycles. The lowest BCUT2D eigenvalue weighted by atomic mass is 9.75. The molecule has 2 aromatic carbocycles. The summed E-state index contributed by atoms with van der Waals surface area (Å²) in [5, 5.41) is 0. The van der Waals surface area contributed by atoms with Crippen LogP contribution in [0.4, 0.5) is 22.0 Å². The van der Waals surface area contributed by atoms with Crippen molar-refractivity contribution >= 4 is 9.84 Å². The third kappa shape index (κ3) is 3.34. The summed E-state index contributed by atoms with van der Waals surface area (Å²) in [5.74, 6) is -3.36. The molecule has 2 aromatic rings. The first kappa shape index (κ1) is 22.5. The van der Waals surface area contributed by atoms with Crippen LogP contribution in [0, 0.1) is 17.6 Å². The monoisotopic (exact) mass is 475 g/mol. The van der Waals surface area contributed by atoms with Crippen molar-refractivity contribution in [2.45, 2.75) is 28.7 Å². The number of nitrogens with one attached hydrogen (secondary N) is 1. The Labute approximate surface area is 180 Å². The topological polar surface area (TPSA) is 64.6 Å². The molecule has 5 nitrogen and oxygen atoms in total. The Balaban J connectivity index is 1.95. The second-order valence-corrected chi connectivity index (χ2v) is 9.77. The summed E-state index contributed by atoms with van der Waals surface area (Å²) < 4.78 is 99.6. The Morgan fingerprint density at radius 2 is 1.75 bits per heavy atom. The number of hydroxylamine groups is 1. The Hall–Kier alpha value is -2.66. The minimum Gasteiger partial charge on any atom is -0.489 e. The molecule has 0 fully saturated rings. The van der Waals surface area contributed by atoms with Gasteiger partial charge >= 0.3 is 6.18 Å². The van der Waals surface area contributed by atoms with E-state index in [1.54, 1.807) is 0 Å². The fourth-order valence-corrected chi connectivity index (χ4v) is 6.70. The third-order valence-corrected chi connectivity index (χ3v) is 8.42. The summed E-state index contributed by atoms with van der Waals surface area (Å²) in [6, 6.07) is 4.63. The smallest absolute Gasteiger partial charge is 0.416 e. The van der Waals surface area contributed by atoms with Gasteiger partial charge < -0.3 is 4.74 Å². The van der Waals surface area contributed by atoms with Crippen molar-refractivity contribution in [3.05, 3.63) is 70.9 Å². The maximum Gasteiger partial charge on any atom is 0.416 e. The van der Waals surface area contributed by atoms with Crippen LogP contribution in [0.2, 0.25) is 0 Å². The van der Waals surface area contributed by atoms with E-state index in [4.69, 9.17) is 9.57 Å². The van der Waals surface area contributed by atoms with Gasteiger partial charge in [-0.3, -0.25) is 10.3 Å². The highest BCUT2D eigenvalue weighted by Gasteiger charge is 2.58. The van der Waals surface area contributed by atoms with Crippen molar-refractivity contribution in [1.82, 2.24) is 5.48 Å². The molecule has 0 bridgehead atoms. The van der Waals surface area contributed by atoms with Crippen molar-refractivity contribution < 1.29 is 39.9 Å². The predicted octanol–water partition coefficient (Wildman–Crippen LogP) is 4.49. The fraction of sp³-hybridized carbons (Fsp3) is 0.333. The van der Waals surface area contributed by atoms with Gasteiger partial charge in [-0.25, -0.2) is 17.2 Å². The maximum atomic E-state index is 15.1. The SMILES string of the molecule is CONC1=CC2COc3c(F)ccc(F)c3C2(S(=O)(=O)c2ccc(C(F)(F)F)cc2)CC1. The van der Waals surface area contributed by atoms with Crippen molar-refractivity contribution in [3.63, 3.8) is 0 Å². The van der Waals surface area contributed by atoms with Gasteiger partial charge in [-0.1, -0.05) is 6.08 Å². The second kappa shape index (κ2) is 7.73. The van der Waals surface area contributed by atoms with Gasteiger partial charge in [0.1, 0.15) is 10.6 Å². The van der Waals surface area contributed by atoms with Crippen molar-refractivity contribution in [3.8, 4) is 5.75 Å². The fourth-order valence-electron chi connectivity index (χ4n) is 4.42. The van der Waals surface area contributed by atoms with E-state index >= 15 is 4.39 Å². The van der Waals surface area contributed by atoms with Crippen LogP contribution in [0.15, 0.2) is 53.1 Å². The van der Waals surface area contributed by atoms with E-state index < -0.39 is 60.1 Å². The largest absolute Gasteiger partial charge is 0.489 e. The molecule has 11 heteroatoms. The van der Waals surface area contributed by atoms with Crippen LogP contribution in [-0.2, 0) is 25.6 Å². The first-order valence-corrected chi connectivity index (χ1v) is 11.0. The summed E-state index contributed by atoms with van der Waals surface area (Å²) in [6.45, 7) is -0.276. The highest BCUT2D eigenvalue weighted by molar-refractivity contribution is 7.92. The Bertz CT molecular complexity index is 1180. The number of fused-ring (bicyclic) bond motifs is 3. The average Bonchev–Trinajstić information content (AvgIpc) is 2.75. The molecule has 0 saturated heterocycles. The van der Waals surface area contributed by atoms with E-state index in [0.29, 0.717) is 17.8 Å². The zero-order valence-electron chi connectivity index (χ0n) is 16.7. The number of ether oxygens (including phenoxy) is 1. The van der Waals surface area contributed by atoms with Crippen LogP contribution >= 0.6 is 0 Å². The van der Waals surface area contributed by atoms with Gasteiger partial charge in [0.2, 0.25) is 0 Å². The number of sulfone groups is 1. The minimum absolute atomic E-state index is 0.111. The van der Waals surface area contributed by atoms with Gasteiger partial charge in [0.15, 0.2) is 21.4 Å². The molecule has 1 heterocycles. The molecular weight excluding hydrogens is 457 g/mol. The number of rotatable bonds is 4. The lowest BCUT2D eigenvalue weighted by Crippen LogP contribution is -2.50. The molecule has 1 aliphatic carbocycles. The lowest BCUT2D eigenvalue weighted by molar-refractivity contribution is -0.137. The second-order valence-electron chi connectivity index (χ2n) is 7.56. The van der Waals surface area contributed by atoms with Crippen molar-refractivity contribution in [2.24, 2.45) is 5.92 Å². The van der Waals surface area contributed by atoms with Gasteiger partial charge in [0, 0.05) is 11.6 Å². The van der Waals surface area contributed by atoms with Crippen LogP contribution in [0.1, 0.15) is 24.0 Å². The first-order valence-electron chi connectivity index (χ1n) is 9.55. The molecular formula is C21H18F5NO4S. The molecule has 0 amide bonds. The highest BCUT2D eigenvalue weighted by Crippen LogP contribution is 2.55. The van der Waals surface area contributed by atoms with Crippen LogP contribution in [-0.4, -0.2) is 22.1 Å². The summed E-state index contributed by atoms with van der Waals surface area (Å²) in [5.41, 5.74) is 1.67. The molecule has 4 rings (SSSR count). The average molecular weight is 475 g/mol. The van der Waals surface area contributed by atoms with Crippen molar-refractivity contribution in [1.29, 1.82) is 0 Å². The van der Waals surface area contributed by atoms with Gasteiger partial charge in [-0.15, -0.1) is 0 Å². The number of allylic oxidation sites excluding steroid dienone is 1. The molecule has 0 saturated carbocycles. The Morgan fingerprint density at radius 1 is 1.09 bits per heavy atom. The maximum absolute atomic E-state index is 15.1. The van der Waals surface area contributed by atoms with E-state index in [-0.39, 0.29) is 19.4 Å². The number of alkyl halides is 3. The quantitative estimate of drug-likeness (QED) is 0.522. The number of halogens is 5. The van der Waals surface area contributed by atoms with Crippen molar-refractivity contribution in [2.75, 3.05) is 13.7 Å². The molecule has 2 aliphatic rings. The summed E-state index contributed by atoms with van der Waals surface area (Å²) >= 11 is 0. The van der Waals surface area contributed by atoms with Crippen LogP contribution < -0.4 is 10.2 Å². The van der Waals surface area contributed by atoms with Gasteiger partial charge in [-0.05, 0) is 49.2 Å². The Morgan fingerprint density at radius 3 is 2.38 bits per heavy atom.